The van der Waals surface area contributed by atoms with Crippen molar-refractivity contribution in [2.24, 2.45) is 0 Å². The third-order valence-electron chi connectivity index (χ3n) is 4.73. The third kappa shape index (κ3) is 2.81. The summed E-state index contributed by atoms with van der Waals surface area (Å²) < 4.78 is 6.45. The highest BCUT2D eigenvalue weighted by atomic mass is 32.2. The normalized spacial score (nSPS) is 26.2. The number of hydrogen-bond acceptors (Lipinski definition) is 4. The predicted octanol–water partition coefficient (Wildman–Crippen LogP) is 4.15. The van der Waals surface area contributed by atoms with Crippen LogP contribution in [0.5, 0.6) is 5.75 Å². The first kappa shape index (κ1) is 15.2. The minimum absolute atomic E-state index is 0.0806. The minimum atomic E-state index is 0.0806. The van der Waals surface area contributed by atoms with Crippen molar-refractivity contribution in [3.05, 3.63) is 34.2 Å². The second kappa shape index (κ2) is 5.95. The van der Waals surface area contributed by atoms with Crippen LogP contribution in [-0.4, -0.2) is 27.3 Å². The average Bonchev–Trinajstić information content (AvgIpc) is 3.19. The Kier molecular flexibility index (Phi) is 3.93. The molecule has 2 aliphatic heterocycles. The van der Waals surface area contributed by atoms with E-state index < -0.39 is 0 Å². The number of carbonyl (C=O) groups excluding carboxylic acids is 1. The van der Waals surface area contributed by atoms with Gasteiger partial charge in [-0.1, -0.05) is 42.9 Å². The van der Waals surface area contributed by atoms with Gasteiger partial charge in [0, 0.05) is 12.5 Å². The zero-order chi connectivity index (χ0) is 16.0. The van der Waals surface area contributed by atoms with Crippen molar-refractivity contribution < 1.29 is 9.53 Å². The molecule has 3 nitrogen and oxygen atoms in total. The van der Waals surface area contributed by atoms with E-state index in [1.54, 1.807) is 0 Å². The molecule has 1 amide bonds. The molecule has 1 aromatic carbocycles. The predicted molar refractivity (Wildman–Crippen MR) is 97.5 cm³/mol. The Morgan fingerprint density at radius 2 is 2.13 bits per heavy atom. The maximum Gasteiger partial charge on any atom is 0.266 e. The van der Waals surface area contributed by atoms with Gasteiger partial charge in [0.1, 0.15) is 16.2 Å². The largest absolute Gasteiger partial charge is 0.490 e. The number of benzene rings is 1. The van der Waals surface area contributed by atoms with E-state index in [1.807, 2.05) is 23.1 Å². The van der Waals surface area contributed by atoms with Crippen LogP contribution in [0.15, 0.2) is 23.1 Å². The molecule has 1 saturated carbocycles. The minimum Gasteiger partial charge on any atom is -0.490 e. The molecule has 0 radical (unpaired) electrons. The Bertz CT molecular complexity index is 707. The summed E-state index contributed by atoms with van der Waals surface area (Å²) in [7, 11) is 0. The standard InChI is InChI=1S/C18H19NO2S2/c1-11-8-13-9-12(6-7-15(13)21-11)10-16-17(20)19(18(22)23-16)14-4-2-3-5-14/h6-7,9-11,14H,2-5,8H2,1H3. The number of thioether (sulfide) groups is 1. The first-order valence-corrected chi connectivity index (χ1v) is 9.41. The van der Waals surface area contributed by atoms with Crippen molar-refractivity contribution in [2.75, 3.05) is 0 Å². The van der Waals surface area contributed by atoms with E-state index in [4.69, 9.17) is 17.0 Å². The molecule has 5 heteroatoms. The van der Waals surface area contributed by atoms with Gasteiger partial charge in [-0.2, -0.15) is 0 Å². The molecule has 4 rings (SSSR count). The molecule has 0 bridgehead atoms. The van der Waals surface area contributed by atoms with Crippen LogP contribution in [0.2, 0.25) is 0 Å². The van der Waals surface area contributed by atoms with Gasteiger partial charge in [-0.25, -0.2) is 0 Å². The summed E-state index contributed by atoms with van der Waals surface area (Å²) in [6.45, 7) is 2.08. The molecule has 23 heavy (non-hydrogen) atoms. The number of nitrogens with zero attached hydrogens (tertiary/aromatic N) is 1. The molecule has 120 valence electrons. The first-order chi connectivity index (χ1) is 11.1. The molecule has 1 aromatic rings. The number of carbonyl (C=O) groups is 1. The van der Waals surface area contributed by atoms with Gasteiger partial charge in [0.05, 0.1) is 4.91 Å². The number of ether oxygens (including phenoxy) is 1. The van der Waals surface area contributed by atoms with Crippen LogP contribution in [0, 0.1) is 0 Å². The number of rotatable bonds is 2. The topological polar surface area (TPSA) is 29.5 Å². The van der Waals surface area contributed by atoms with Crippen molar-refractivity contribution in [2.45, 2.75) is 51.2 Å². The Hall–Kier alpha value is -1.33. The lowest BCUT2D eigenvalue weighted by molar-refractivity contribution is -0.123. The fraction of sp³-hybridized carbons (Fsp3) is 0.444. The van der Waals surface area contributed by atoms with Gasteiger partial charge in [0.25, 0.3) is 5.91 Å². The first-order valence-electron chi connectivity index (χ1n) is 8.18. The van der Waals surface area contributed by atoms with E-state index in [2.05, 4.69) is 13.0 Å². The molecule has 1 unspecified atom stereocenters. The zero-order valence-corrected chi connectivity index (χ0v) is 14.7. The summed E-state index contributed by atoms with van der Waals surface area (Å²) >= 11 is 6.88. The van der Waals surface area contributed by atoms with Crippen LogP contribution in [-0.2, 0) is 11.2 Å². The summed E-state index contributed by atoms with van der Waals surface area (Å²) in [5.74, 6) is 1.05. The lowest BCUT2D eigenvalue weighted by Gasteiger charge is -2.21. The average molecular weight is 345 g/mol. The molecule has 1 atom stereocenters. The molecule has 0 N–H and O–H groups in total. The van der Waals surface area contributed by atoms with Gasteiger partial charge in [0.15, 0.2) is 0 Å². The maximum absolute atomic E-state index is 12.7. The van der Waals surface area contributed by atoms with Gasteiger partial charge in [-0.3, -0.25) is 9.69 Å². The Balaban J connectivity index is 1.58. The summed E-state index contributed by atoms with van der Waals surface area (Å²) in [5, 5.41) is 0. The summed E-state index contributed by atoms with van der Waals surface area (Å²) in [5.41, 5.74) is 2.27. The SMILES string of the molecule is CC1Cc2cc(C=C3SC(=S)N(C4CCCC4)C3=O)ccc2O1. The molecule has 3 aliphatic rings. The third-order valence-corrected chi connectivity index (χ3v) is 6.06. The van der Waals surface area contributed by atoms with E-state index in [0.29, 0.717) is 10.4 Å². The second-order valence-corrected chi connectivity index (χ2v) is 8.17. The molecule has 1 saturated heterocycles. The summed E-state index contributed by atoms with van der Waals surface area (Å²) in [4.78, 5) is 15.3. The van der Waals surface area contributed by atoms with Crippen molar-refractivity contribution in [1.29, 1.82) is 0 Å². The molecular weight excluding hydrogens is 326 g/mol. The van der Waals surface area contributed by atoms with Crippen LogP contribution < -0.4 is 4.74 Å². The highest BCUT2D eigenvalue weighted by Gasteiger charge is 2.38. The monoisotopic (exact) mass is 345 g/mol. The maximum atomic E-state index is 12.7. The molecule has 2 fully saturated rings. The van der Waals surface area contributed by atoms with Crippen LogP contribution >= 0.6 is 24.0 Å². The number of amides is 1. The molecule has 0 aromatic heterocycles. The number of fused-ring (bicyclic) bond motifs is 1. The smallest absolute Gasteiger partial charge is 0.266 e. The second-order valence-electron chi connectivity index (χ2n) is 6.49. The van der Waals surface area contributed by atoms with Crippen LogP contribution in [0.1, 0.15) is 43.7 Å². The van der Waals surface area contributed by atoms with Gasteiger partial charge in [0.2, 0.25) is 0 Å². The lowest BCUT2D eigenvalue weighted by Crippen LogP contribution is -2.36. The van der Waals surface area contributed by atoms with Gasteiger partial charge >= 0.3 is 0 Å². The van der Waals surface area contributed by atoms with Crippen molar-refractivity contribution in [1.82, 2.24) is 4.90 Å². The quantitative estimate of drug-likeness (QED) is 0.595. The van der Waals surface area contributed by atoms with E-state index in [9.17, 15) is 4.79 Å². The number of thiocarbonyl (C=S) groups is 1. The molecular formula is C18H19NO2S2. The van der Waals surface area contributed by atoms with Gasteiger partial charge in [-0.15, -0.1) is 0 Å². The van der Waals surface area contributed by atoms with E-state index in [-0.39, 0.29) is 12.0 Å². The fourth-order valence-electron chi connectivity index (χ4n) is 3.64. The van der Waals surface area contributed by atoms with Gasteiger partial charge < -0.3 is 4.74 Å². The fourth-order valence-corrected chi connectivity index (χ4v) is 5.04. The molecule has 1 aliphatic carbocycles. The summed E-state index contributed by atoms with van der Waals surface area (Å²) in [6.07, 6.45) is 7.69. The van der Waals surface area contributed by atoms with E-state index in [1.165, 1.54) is 30.2 Å². The van der Waals surface area contributed by atoms with Crippen LogP contribution in [0.3, 0.4) is 0 Å². The van der Waals surface area contributed by atoms with Crippen molar-refractivity contribution in [3.8, 4) is 5.75 Å². The zero-order valence-electron chi connectivity index (χ0n) is 13.1. The molecule has 0 spiro atoms. The van der Waals surface area contributed by atoms with Crippen LogP contribution in [0.25, 0.3) is 6.08 Å². The highest BCUT2D eigenvalue weighted by molar-refractivity contribution is 8.26. The van der Waals surface area contributed by atoms with E-state index >= 15 is 0 Å². The number of hydrogen-bond donors (Lipinski definition) is 0. The summed E-state index contributed by atoms with van der Waals surface area (Å²) in [6, 6.07) is 6.45. The molecule has 2 heterocycles. The van der Waals surface area contributed by atoms with E-state index in [0.717, 1.165) is 35.5 Å². The van der Waals surface area contributed by atoms with Crippen molar-refractivity contribution >= 4 is 40.3 Å². The van der Waals surface area contributed by atoms with Crippen molar-refractivity contribution in [3.63, 3.8) is 0 Å². The Morgan fingerprint density at radius 3 is 2.91 bits per heavy atom. The van der Waals surface area contributed by atoms with Gasteiger partial charge in [-0.05, 0) is 49.1 Å². The highest BCUT2D eigenvalue weighted by Crippen LogP contribution is 2.38. The lowest BCUT2D eigenvalue weighted by atomic mass is 10.1. The Morgan fingerprint density at radius 1 is 1.35 bits per heavy atom. The Labute approximate surface area is 146 Å². The van der Waals surface area contributed by atoms with Crippen LogP contribution in [0.4, 0.5) is 0 Å².